The van der Waals surface area contributed by atoms with Gasteiger partial charge < -0.3 is 0 Å². The highest BCUT2D eigenvalue weighted by molar-refractivity contribution is 7.91. The number of rotatable bonds is 3. The smallest absolute Gasteiger partial charge is 0.217 e. The zero-order valence-electron chi connectivity index (χ0n) is 12.7. The Morgan fingerprint density at radius 2 is 1.70 bits per heavy atom. The van der Waals surface area contributed by atoms with Gasteiger partial charge >= 0.3 is 0 Å². The molecule has 0 bridgehead atoms. The summed E-state index contributed by atoms with van der Waals surface area (Å²) in [6, 6.07) is -0.0342. The second kappa shape index (κ2) is 4.95. The Bertz CT molecular complexity index is 577. The summed E-state index contributed by atoms with van der Waals surface area (Å²) in [5, 5.41) is -0.462. The van der Waals surface area contributed by atoms with Crippen molar-refractivity contribution < 1.29 is 16.8 Å². The Labute approximate surface area is 122 Å². The molecule has 2 saturated heterocycles. The van der Waals surface area contributed by atoms with Gasteiger partial charge in [-0.1, -0.05) is 13.8 Å². The van der Waals surface area contributed by atoms with Crippen molar-refractivity contribution in [1.29, 1.82) is 0 Å². The molecule has 0 amide bonds. The quantitative estimate of drug-likeness (QED) is 0.784. The molecule has 2 atom stereocenters. The molecule has 2 heterocycles. The lowest BCUT2D eigenvalue weighted by atomic mass is 9.75. The van der Waals surface area contributed by atoms with Gasteiger partial charge in [-0.15, -0.1) is 0 Å². The Morgan fingerprint density at radius 1 is 1.10 bits per heavy atom. The van der Waals surface area contributed by atoms with Gasteiger partial charge in [0.25, 0.3) is 0 Å². The summed E-state index contributed by atoms with van der Waals surface area (Å²) in [6.07, 6.45) is 1.19. The van der Waals surface area contributed by atoms with Gasteiger partial charge in [-0.25, -0.2) is 16.8 Å². The van der Waals surface area contributed by atoms with Crippen LogP contribution in [-0.4, -0.2) is 50.5 Å². The summed E-state index contributed by atoms with van der Waals surface area (Å²) in [6.45, 7) is 8.16. The van der Waals surface area contributed by atoms with E-state index in [2.05, 4.69) is 0 Å². The second-order valence-electron chi connectivity index (χ2n) is 6.95. The Kier molecular flexibility index (Phi) is 4.02. The van der Waals surface area contributed by atoms with E-state index in [4.69, 9.17) is 0 Å². The van der Waals surface area contributed by atoms with E-state index < -0.39 is 30.5 Å². The first kappa shape index (κ1) is 16.2. The number of nitrogens with zero attached hydrogens (tertiary/aromatic N) is 1. The average Bonchev–Trinajstić information content (AvgIpc) is 2.78. The lowest BCUT2D eigenvalue weighted by molar-refractivity contribution is 0.221. The molecular formula is C13H25NO4S2. The van der Waals surface area contributed by atoms with Crippen LogP contribution in [-0.2, 0) is 19.9 Å². The van der Waals surface area contributed by atoms with E-state index in [1.54, 1.807) is 4.31 Å². The molecular weight excluding hydrogens is 298 g/mol. The van der Waals surface area contributed by atoms with Crippen molar-refractivity contribution in [1.82, 2.24) is 4.31 Å². The molecule has 2 fully saturated rings. The van der Waals surface area contributed by atoms with Crippen molar-refractivity contribution in [2.24, 2.45) is 11.3 Å². The fourth-order valence-corrected chi connectivity index (χ4v) is 8.29. The third kappa shape index (κ3) is 2.64. The van der Waals surface area contributed by atoms with Crippen molar-refractivity contribution in [2.75, 3.05) is 18.1 Å². The molecule has 2 rings (SSSR count). The molecule has 2 aliphatic rings. The molecule has 0 aliphatic carbocycles. The molecule has 5 nitrogen and oxygen atoms in total. The van der Waals surface area contributed by atoms with Crippen molar-refractivity contribution >= 4 is 19.9 Å². The maximum absolute atomic E-state index is 12.7. The van der Waals surface area contributed by atoms with E-state index in [-0.39, 0.29) is 23.5 Å². The first-order valence-electron chi connectivity index (χ1n) is 7.19. The van der Waals surface area contributed by atoms with Crippen LogP contribution >= 0.6 is 0 Å². The summed E-state index contributed by atoms with van der Waals surface area (Å²) < 4.78 is 50.3. The van der Waals surface area contributed by atoms with Gasteiger partial charge in [-0.3, -0.25) is 0 Å². The molecule has 2 unspecified atom stereocenters. The maximum Gasteiger partial charge on any atom is 0.217 e. The van der Waals surface area contributed by atoms with Crippen LogP contribution in [0.5, 0.6) is 0 Å². The molecule has 0 radical (unpaired) electrons. The maximum atomic E-state index is 12.7. The minimum atomic E-state index is -3.32. The van der Waals surface area contributed by atoms with E-state index in [1.807, 2.05) is 27.7 Å². The van der Waals surface area contributed by atoms with Crippen LogP contribution in [0.2, 0.25) is 0 Å². The number of sulfonamides is 1. The normalized spacial score (nSPS) is 33.9. The molecule has 0 spiro atoms. The van der Waals surface area contributed by atoms with E-state index in [9.17, 15) is 16.8 Å². The minimum absolute atomic E-state index is 0.0342. The molecule has 20 heavy (non-hydrogen) atoms. The summed E-state index contributed by atoms with van der Waals surface area (Å²) in [7, 11) is -6.30. The average molecular weight is 323 g/mol. The lowest BCUT2D eigenvalue weighted by Crippen LogP contribution is -2.44. The van der Waals surface area contributed by atoms with Crippen LogP contribution in [0, 0.1) is 11.3 Å². The minimum Gasteiger partial charge on any atom is -0.229 e. The predicted octanol–water partition coefficient (Wildman–Crippen LogP) is 1.26. The molecule has 118 valence electrons. The molecule has 7 heteroatoms. The molecule has 0 aromatic rings. The van der Waals surface area contributed by atoms with E-state index >= 15 is 0 Å². The van der Waals surface area contributed by atoms with Gasteiger partial charge in [-0.2, -0.15) is 4.31 Å². The summed E-state index contributed by atoms with van der Waals surface area (Å²) in [4.78, 5) is 0. The number of hydrogen-bond acceptors (Lipinski definition) is 4. The van der Waals surface area contributed by atoms with Crippen molar-refractivity contribution in [3.8, 4) is 0 Å². The van der Waals surface area contributed by atoms with Crippen LogP contribution in [0.25, 0.3) is 0 Å². The highest BCUT2D eigenvalue weighted by atomic mass is 32.2. The van der Waals surface area contributed by atoms with Gasteiger partial charge in [0.1, 0.15) is 0 Å². The molecule has 0 saturated carbocycles. The fourth-order valence-electron chi connectivity index (χ4n) is 3.64. The van der Waals surface area contributed by atoms with Gasteiger partial charge in [-0.05, 0) is 38.0 Å². The van der Waals surface area contributed by atoms with Crippen LogP contribution in [0.3, 0.4) is 0 Å². The van der Waals surface area contributed by atoms with Crippen molar-refractivity contribution in [3.63, 3.8) is 0 Å². The highest BCUT2D eigenvalue weighted by Crippen LogP contribution is 2.45. The summed E-state index contributed by atoms with van der Waals surface area (Å²) in [5.74, 6) is 0.273. The second-order valence-corrected chi connectivity index (χ2v) is 11.2. The summed E-state index contributed by atoms with van der Waals surface area (Å²) in [5.41, 5.74) is -0.494. The van der Waals surface area contributed by atoms with Crippen LogP contribution in [0.15, 0.2) is 0 Å². The highest BCUT2D eigenvalue weighted by Gasteiger charge is 2.52. The number of hydrogen-bond donors (Lipinski definition) is 0. The van der Waals surface area contributed by atoms with E-state index in [0.717, 1.165) is 0 Å². The van der Waals surface area contributed by atoms with E-state index in [0.29, 0.717) is 19.4 Å². The molecule has 2 aliphatic heterocycles. The van der Waals surface area contributed by atoms with Gasteiger partial charge in [0.2, 0.25) is 10.0 Å². The zero-order valence-corrected chi connectivity index (χ0v) is 14.3. The van der Waals surface area contributed by atoms with E-state index in [1.165, 1.54) is 0 Å². The van der Waals surface area contributed by atoms with Gasteiger partial charge in [0.05, 0.1) is 16.8 Å². The molecule has 0 aromatic heterocycles. The SMILES string of the molecule is CC(C)N1CCC(C(C)(C)C2CCS(=O)(=O)C2)S1(=O)=O. The zero-order chi connectivity index (χ0) is 15.3. The Hall–Kier alpha value is -0.140. The Balaban J connectivity index is 2.28. The van der Waals surface area contributed by atoms with Crippen molar-refractivity contribution in [3.05, 3.63) is 0 Å². The molecule has 0 N–H and O–H groups in total. The van der Waals surface area contributed by atoms with Gasteiger partial charge in [0, 0.05) is 12.6 Å². The molecule has 0 aromatic carbocycles. The topological polar surface area (TPSA) is 71.5 Å². The third-order valence-corrected chi connectivity index (χ3v) is 9.58. The fraction of sp³-hybridized carbons (Fsp3) is 1.00. The van der Waals surface area contributed by atoms with Crippen LogP contribution in [0.4, 0.5) is 0 Å². The van der Waals surface area contributed by atoms with Gasteiger partial charge in [0.15, 0.2) is 9.84 Å². The van der Waals surface area contributed by atoms with Crippen molar-refractivity contribution in [2.45, 2.75) is 51.8 Å². The van der Waals surface area contributed by atoms with Crippen LogP contribution < -0.4 is 0 Å². The monoisotopic (exact) mass is 323 g/mol. The first-order valence-corrected chi connectivity index (χ1v) is 10.5. The first-order chi connectivity index (χ1) is 8.98. The third-order valence-electron chi connectivity index (χ3n) is 4.99. The summed E-state index contributed by atoms with van der Waals surface area (Å²) >= 11 is 0. The lowest BCUT2D eigenvalue weighted by Gasteiger charge is -2.36. The predicted molar refractivity (Wildman–Crippen MR) is 79.7 cm³/mol. The Morgan fingerprint density at radius 3 is 2.10 bits per heavy atom. The number of sulfone groups is 1. The standard InChI is InChI=1S/C13H25NO4S2/c1-10(2)14-7-5-12(20(14,17)18)13(3,4)11-6-8-19(15,16)9-11/h10-12H,5-9H2,1-4H3. The van der Waals surface area contributed by atoms with Crippen LogP contribution in [0.1, 0.15) is 40.5 Å². The largest absolute Gasteiger partial charge is 0.229 e.